The van der Waals surface area contributed by atoms with E-state index in [1.807, 2.05) is 0 Å². The number of nitrogens with zero attached hydrogens (tertiary/aromatic N) is 3. The van der Waals surface area contributed by atoms with Gasteiger partial charge in [-0.2, -0.15) is 0 Å². The van der Waals surface area contributed by atoms with E-state index in [0.29, 0.717) is 25.7 Å². The van der Waals surface area contributed by atoms with Gasteiger partial charge in [-0.05, 0) is 37.8 Å². The number of hydrogen-bond donors (Lipinski definition) is 3. The van der Waals surface area contributed by atoms with Crippen molar-refractivity contribution < 1.29 is 37.0 Å². The molecule has 2 aromatic heterocycles. The third-order valence-corrected chi connectivity index (χ3v) is 5.16. The van der Waals surface area contributed by atoms with Crippen LogP contribution in [0.1, 0.15) is 36.4 Å². The molecule has 1 aliphatic rings. The van der Waals surface area contributed by atoms with E-state index in [4.69, 9.17) is 14.3 Å². The highest BCUT2D eigenvalue weighted by Crippen LogP contribution is 2.29. The molecule has 10 nitrogen and oxygen atoms in total. The molecule has 4 rings (SSSR count). The number of halogens is 3. The maximum Gasteiger partial charge on any atom is 0.320 e. The van der Waals surface area contributed by atoms with Crippen LogP contribution >= 0.6 is 0 Å². The molecule has 1 saturated carbocycles. The number of aromatic nitrogens is 3. The summed E-state index contributed by atoms with van der Waals surface area (Å²) in [5, 5.41) is 21.0. The summed E-state index contributed by atoms with van der Waals surface area (Å²) in [7, 11) is 0. The van der Waals surface area contributed by atoms with Gasteiger partial charge >= 0.3 is 23.8 Å². The lowest BCUT2D eigenvalue weighted by molar-refractivity contribution is -0.143. The minimum Gasteiger partial charge on any atom is -0.481 e. The molecule has 0 spiro atoms. The number of anilines is 3. The van der Waals surface area contributed by atoms with Gasteiger partial charge in [-0.1, -0.05) is 5.10 Å². The number of carbonyl (C=O) groups is 2. The summed E-state index contributed by atoms with van der Waals surface area (Å²) in [5.41, 5.74) is 0.116. The van der Waals surface area contributed by atoms with Crippen molar-refractivity contribution in [2.24, 2.45) is 5.92 Å². The summed E-state index contributed by atoms with van der Waals surface area (Å²) in [6.07, 6.45) is 2.64. The van der Waals surface area contributed by atoms with Crippen molar-refractivity contribution in [3.05, 3.63) is 53.8 Å². The first-order chi connectivity index (χ1) is 16.3. The van der Waals surface area contributed by atoms with E-state index in [1.165, 1.54) is 12.3 Å². The number of carboxylic acids is 1. The predicted molar refractivity (Wildman–Crippen MR) is 110 cm³/mol. The van der Waals surface area contributed by atoms with Crippen LogP contribution in [0.15, 0.2) is 34.9 Å². The second kappa shape index (κ2) is 9.77. The average Bonchev–Trinajstić information content (AvgIpc) is 3.27. The number of benzene rings is 1. The summed E-state index contributed by atoms with van der Waals surface area (Å²) in [5.74, 6) is -5.79. The zero-order valence-electron chi connectivity index (χ0n) is 17.4. The largest absolute Gasteiger partial charge is 0.481 e. The summed E-state index contributed by atoms with van der Waals surface area (Å²) in [4.78, 5) is 27.2. The molecule has 34 heavy (non-hydrogen) atoms. The second-order valence-corrected chi connectivity index (χ2v) is 7.56. The Morgan fingerprint density at radius 1 is 1.00 bits per heavy atom. The van der Waals surface area contributed by atoms with Crippen molar-refractivity contribution in [2.75, 3.05) is 10.6 Å². The van der Waals surface area contributed by atoms with Crippen LogP contribution in [0, 0.1) is 23.4 Å². The third-order valence-electron chi connectivity index (χ3n) is 5.16. The highest BCUT2D eigenvalue weighted by Gasteiger charge is 2.28. The summed E-state index contributed by atoms with van der Waals surface area (Å²) < 4.78 is 51.4. The van der Waals surface area contributed by atoms with E-state index in [0.717, 1.165) is 18.2 Å². The van der Waals surface area contributed by atoms with E-state index in [2.05, 4.69) is 25.8 Å². The number of pyridine rings is 1. The Morgan fingerprint density at radius 2 is 1.74 bits per heavy atom. The molecule has 0 saturated heterocycles. The Morgan fingerprint density at radius 3 is 2.41 bits per heavy atom. The average molecular weight is 477 g/mol. The quantitative estimate of drug-likeness (QED) is 0.462. The fourth-order valence-electron chi connectivity index (χ4n) is 3.41. The molecular formula is C21H18F3N5O5. The lowest BCUT2D eigenvalue weighted by Crippen LogP contribution is -2.28. The highest BCUT2D eigenvalue weighted by molar-refractivity contribution is 6.00. The van der Waals surface area contributed by atoms with Gasteiger partial charge in [0, 0.05) is 17.8 Å². The molecule has 1 fully saturated rings. The number of carboxylic acid groups (broad SMARTS) is 1. The van der Waals surface area contributed by atoms with Crippen LogP contribution in [0.2, 0.25) is 0 Å². The Labute approximate surface area is 190 Å². The van der Waals surface area contributed by atoms with Gasteiger partial charge < -0.3 is 24.9 Å². The summed E-state index contributed by atoms with van der Waals surface area (Å²) >= 11 is 0. The predicted octanol–water partition coefficient (Wildman–Crippen LogP) is 3.90. The Bertz CT molecular complexity index is 1210. The van der Waals surface area contributed by atoms with Crippen LogP contribution in [0.4, 0.5) is 30.6 Å². The molecule has 2 heterocycles. The normalized spacial score (nSPS) is 17.7. The van der Waals surface area contributed by atoms with Crippen molar-refractivity contribution in [3.63, 3.8) is 0 Å². The van der Waals surface area contributed by atoms with Gasteiger partial charge in [0.25, 0.3) is 5.88 Å². The smallest absolute Gasteiger partial charge is 0.320 e. The zero-order chi connectivity index (χ0) is 24.2. The van der Waals surface area contributed by atoms with Crippen molar-refractivity contribution in [2.45, 2.75) is 31.8 Å². The first-order valence-electron chi connectivity index (χ1n) is 10.2. The molecule has 178 valence electrons. The third kappa shape index (κ3) is 5.42. The van der Waals surface area contributed by atoms with E-state index >= 15 is 0 Å². The number of aliphatic carboxylic acids is 1. The maximum atomic E-state index is 14.4. The Balaban J connectivity index is 1.34. The second-order valence-electron chi connectivity index (χ2n) is 7.56. The van der Waals surface area contributed by atoms with Crippen LogP contribution in [0.3, 0.4) is 0 Å². The SMILES string of the molecule is O=C(Nc1cnc(OC2CCC(C(=O)O)CC2)c(F)c1)c1nnc(Nc2ccc(F)c(F)c2)o1. The van der Waals surface area contributed by atoms with E-state index in [1.54, 1.807) is 0 Å². The van der Waals surface area contributed by atoms with Crippen molar-refractivity contribution in [1.29, 1.82) is 0 Å². The van der Waals surface area contributed by atoms with Crippen LogP contribution in [-0.2, 0) is 4.79 Å². The van der Waals surface area contributed by atoms with Gasteiger partial charge in [-0.3, -0.25) is 9.59 Å². The number of carbonyl (C=O) groups excluding carboxylic acids is 1. The van der Waals surface area contributed by atoms with Crippen molar-refractivity contribution >= 4 is 29.3 Å². The van der Waals surface area contributed by atoms with Crippen LogP contribution < -0.4 is 15.4 Å². The fraction of sp³-hybridized carbons (Fsp3) is 0.286. The molecule has 0 atom stereocenters. The molecule has 3 aromatic rings. The number of amides is 1. The first kappa shape index (κ1) is 23.0. The number of nitrogens with one attached hydrogen (secondary N) is 2. The zero-order valence-corrected chi connectivity index (χ0v) is 17.4. The number of rotatable bonds is 7. The molecule has 0 bridgehead atoms. The Kier molecular flexibility index (Phi) is 6.61. The Hall–Kier alpha value is -4.16. The van der Waals surface area contributed by atoms with Gasteiger partial charge in [0.15, 0.2) is 17.5 Å². The summed E-state index contributed by atoms with van der Waals surface area (Å²) in [6.45, 7) is 0. The molecule has 1 amide bonds. The van der Waals surface area contributed by atoms with Crippen molar-refractivity contribution in [3.8, 4) is 5.88 Å². The standard InChI is InChI=1S/C21H18F3N5O5/c22-14-6-3-11(7-15(14)23)27-21-29-28-19(34-21)17(30)26-12-8-16(24)18(25-9-12)33-13-4-1-10(2-5-13)20(31)32/h3,6-10,13H,1-2,4-5H2,(H,26,30)(H,27,29)(H,31,32). The first-order valence-corrected chi connectivity index (χ1v) is 10.2. The van der Waals surface area contributed by atoms with Gasteiger partial charge in [0.05, 0.1) is 17.8 Å². The topological polar surface area (TPSA) is 139 Å². The van der Waals surface area contributed by atoms with E-state index in [-0.39, 0.29) is 29.4 Å². The van der Waals surface area contributed by atoms with Crippen LogP contribution in [0.25, 0.3) is 0 Å². The number of hydrogen-bond acceptors (Lipinski definition) is 8. The van der Waals surface area contributed by atoms with E-state index in [9.17, 15) is 22.8 Å². The molecule has 3 N–H and O–H groups in total. The van der Waals surface area contributed by atoms with Gasteiger partial charge in [-0.25, -0.2) is 18.2 Å². The van der Waals surface area contributed by atoms with Crippen LogP contribution in [-0.4, -0.2) is 38.3 Å². The lowest BCUT2D eigenvalue weighted by Gasteiger charge is -2.26. The highest BCUT2D eigenvalue weighted by atomic mass is 19.2. The van der Waals surface area contributed by atoms with Crippen molar-refractivity contribution in [1.82, 2.24) is 15.2 Å². The van der Waals surface area contributed by atoms with Gasteiger partial charge in [0.1, 0.15) is 6.10 Å². The summed E-state index contributed by atoms with van der Waals surface area (Å²) in [6, 6.07) is 3.76. The van der Waals surface area contributed by atoms with Crippen LogP contribution in [0.5, 0.6) is 5.88 Å². The molecule has 0 unspecified atom stereocenters. The molecule has 1 aromatic carbocycles. The fourth-order valence-corrected chi connectivity index (χ4v) is 3.41. The molecule has 0 radical (unpaired) electrons. The number of ether oxygens (including phenoxy) is 1. The lowest BCUT2D eigenvalue weighted by atomic mass is 9.87. The monoisotopic (exact) mass is 477 g/mol. The molecule has 1 aliphatic carbocycles. The minimum absolute atomic E-state index is 0.00208. The minimum atomic E-state index is -1.09. The van der Waals surface area contributed by atoms with Gasteiger partial charge in [0.2, 0.25) is 0 Å². The maximum absolute atomic E-state index is 14.4. The van der Waals surface area contributed by atoms with E-state index < -0.39 is 41.1 Å². The molecule has 0 aliphatic heterocycles. The molecular weight excluding hydrogens is 459 g/mol. The van der Waals surface area contributed by atoms with Gasteiger partial charge in [-0.15, -0.1) is 5.10 Å². The molecule has 13 heteroatoms.